The third-order valence-corrected chi connectivity index (χ3v) is 4.89. The zero-order valence-electron chi connectivity index (χ0n) is 14.4. The third kappa shape index (κ3) is 2.75. The Kier molecular flexibility index (Phi) is 3.99. The van der Waals surface area contributed by atoms with Crippen LogP contribution >= 0.6 is 0 Å². The number of amides is 3. The lowest BCUT2D eigenvalue weighted by Gasteiger charge is -2.26. The Bertz CT molecular complexity index is 888. The second-order valence-corrected chi connectivity index (χ2v) is 6.60. The van der Waals surface area contributed by atoms with Crippen LogP contribution in [0.15, 0.2) is 34.9 Å². The Hall–Kier alpha value is -3.09. The van der Waals surface area contributed by atoms with Crippen molar-refractivity contribution in [1.82, 2.24) is 5.32 Å². The van der Waals surface area contributed by atoms with E-state index in [1.807, 2.05) is 17.9 Å². The fourth-order valence-corrected chi connectivity index (χ4v) is 3.62. The molecule has 2 N–H and O–H groups in total. The van der Waals surface area contributed by atoms with Gasteiger partial charge in [0.05, 0.1) is 24.4 Å². The normalized spacial score (nSPS) is 17.8. The van der Waals surface area contributed by atoms with Crippen molar-refractivity contribution < 1.29 is 18.8 Å². The Balaban J connectivity index is 1.50. The van der Waals surface area contributed by atoms with Gasteiger partial charge in [0.2, 0.25) is 5.91 Å². The van der Waals surface area contributed by atoms with Crippen LogP contribution in [0, 0.1) is 0 Å². The van der Waals surface area contributed by atoms with Gasteiger partial charge in [0.1, 0.15) is 5.76 Å². The van der Waals surface area contributed by atoms with Crippen LogP contribution in [-0.4, -0.2) is 24.3 Å². The van der Waals surface area contributed by atoms with Gasteiger partial charge < -0.3 is 20.0 Å². The molecule has 1 atom stereocenters. The molecule has 0 unspecified atom stereocenters. The first-order valence-electron chi connectivity index (χ1n) is 8.64. The summed E-state index contributed by atoms with van der Waals surface area (Å²) in [7, 11) is 0. The summed E-state index contributed by atoms with van der Waals surface area (Å²) in [5, 5.41) is 5.15. The highest BCUT2D eigenvalue weighted by Crippen LogP contribution is 2.44. The minimum Gasteiger partial charge on any atom is -0.467 e. The SMILES string of the molecule is C[C@H]1C(=O)N2CCCc3cc(NC(=O)C(=O)NCc4ccco4)cc1c32. The first kappa shape index (κ1) is 16.4. The smallest absolute Gasteiger partial charge is 0.313 e. The molecular formula is C19H19N3O4. The number of rotatable bonds is 3. The molecule has 7 nitrogen and oxygen atoms in total. The highest BCUT2D eigenvalue weighted by atomic mass is 16.3. The van der Waals surface area contributed by atoms with Gasteiger partial charge in [-0.15, -0.1) is 0 Å². The number of benzene rings is 1. The Morgan fingerprint density at radius 1 is 1.31 bits per heavy atom. The molecule has 3 amide bonds. The van der Waals surface area contributed by atoms with E-state index in [4.69, 9.17) is 4.42 Å². The first-order valence-corrected chi connectivity index (χ1v) is 8.64. The van der Waals surface area contributed by atoms with Crippen LogP contribution in [0.2, 0.25) is 0 Å². The van der Waals surface area contributed by atoms with Gasteiger partial charge in [-0.25, -0.2) is 0 Å². The number of carbonyl (C=O) groups excluding carboxylic acids is 3. The van der Waals surface area contributed by atoms with Crippen molar-refractivity contribution in [2.24, 2.45) is 0 Å². The van der Waals surface area contributed by atoms with E-state index in [0.29, 0.717) is 11.4 Å². The second-order valence-electron chi connectivity index (χ2n) is 6.60. The van der Waals surface area contributed by atoms with Gasteiger partial charge in [0.25, 0.3) is 0 Å². The molecule has 0 saturated carbocycles. The van der Waals surface area contributed by atoms with E-state index in [2.05, 4.69) is 10.6 Å². The maximum absolute atomic E-state index is 12.4. The molecule has 2 aromatic rings. The highest BCUT2D eigenvalue weighted by molar-refractivity contribution is 6.39. The van der Waals surface area contributed by atoms with E-state index in [1.54, 1.807) is 18.2 Å². The number of nitrogens with zero attached hydrogens (tertiary/aromatic N) is 1. The minimum absolute atomic E-state index is 0.0978. The van der Waals surface area contributed by atoms with E-state index in [0.717, 1.165) is 36.2 Å². The molecule has 0 saturated heterocycles. The fraction of sp³-hybridized carbons (Fsp3) is 0.316. The van der Waals surface area contributed by atoms with Crippen LogP contribution in [-0.2, 0) is 27.3 Å². The van der Waals surface area contributed by atoms with Crippen molar-refractivity contribution in [2.75, 3.05) is 16.8 Å². The number of carbonyl (C=O) groups is 3. The summed E-state index contributed by atoms with van der Waals surface area (Å²) in [5.74, 6) is -1.04. The number of furan rings is 1. The minimum atomic E-state index is -0.742. The lowest BCUT2D eigenvalue weighted by molar-refractivity contribution is -0.136. The van der Waals surface area contributed by atoms with Crippen LogP contribution in [0.5, 0.6) is 0 Å². The lowest BCUT2D eigenvalue weighted by Crippen LogP contribution is -2.35. The molecule has 1 aromatic carbocycles. The maximum Gasteiger partial charge on any atom is 0.313 e. The van der Waals surface area contributed by atoms with Gasteiger partial charge >= 0.3 is 11.8 Å². The molecule has 26 heavy (non-hydrogen) atoms. The van der Waals surface area contributed by atoms with Gasteiger partial charge in [0, 0.05) is 12.2 Å². The average Bonchev–Trinajstić information content (AvgIpc) is 3.24. The number of anilines is 2. The summed E-state index contributed by atoms with van der Waals surface area (Å²) in [4.78, 5) is 38.4. The molecule has 0 spiro atoms. The lowest BCUT2D eigenvalue weighted by atomic mass is 9.96. The molecule has 134 valence electrons. The van der Waals surface area contributed by atoms with Crippen molar-refractivity contribution >= 4 is 29.1 Å². The molecule has 7 heteroatoms. The van der Waals surface area contributed by atoms with Gasteiger partial charge in [-0.1, -0.05) is 0 Å². The molecule has 3 heterocycles. The molecule has 1 aromatic heterocycles. The summed E-state index contributed by atoms with van der Waals surface area (Å²) >= 11 is 0. The van der Waals surface area contributed by atoms with Gasteiger partial charge in [-0.2, -0.15) is 0 Å². The van der Waals surface area contributed by atoms with Gasteiger partial charge in [-0.3, -0.25) is 14.4 Å². The molecule has 0 fully saturated rings. The van der Waals surface area contributed by atoms with E-state index in [-0.39, 0.29) is 18.4 Å². The van der Waals surface area contributed by atoms with E-state index >= 15 is 0 Å². The molecular weight excluding hydrogens is 334 g/mol. The third-order valence-electron chi connectivity index (χ3n) is 4.89. The van der Waals surface area contributed by atoms with Crippen molar-refractivity contribution in [3.63, 3.8) is 0 Å². The highest BCUT2D eigenvalue weighted by Gasteiger charge is 2.38. The average molecular weight is 353 g/mol. The van der Waals surface area contributed by atoms with Crippen LogP contribution in [0.3, 0.4) is 0 Å². The molecule has 0 radical (unpaired) electrons. The van der Waals surface area contributed by atoms with Crippen LogP contribution in [0.4, 0.5) is 11.4 Å². The maximum atomic E-state index is 12.4. The molecule has 4 rings (SSSR count). The second kappa shape index (κ2) is 6.33. The summed E-state index contributed by atoms with van der Waals surface area (Å²) in [6, 6.07) is 7.08. The number of aryl methyl sites for hydroxylation is 1. The van der Waals surface area contributed by atoms with E-state index in [9.17, 15) is 14.4 Å². The molecule has 2 aliphatic rings. The Labute approximate surface area is 150 Å². The van der Waals surface area contributed by atoms with Crippen molar-refractivity contribution in [3.8, 4) is 0 Å². The van der Waals surface area contributed by atoms with Crippen molar-refractivity contribution in [1.29, 1.82) is 0 Å². The largest absolute Gasteiger partial charge is 0.467 e. The van der Waals surface area contributed by atoms with Gasteiger partial charge in [-0.05, 0) is 55.2 Å². The van der Waals surface area contributed by atoms with Gasteiger partial charge in [0.15, 0.2) is 0 Å². The van der Waals surface area contributed by atoms with E-state index < -0.39 is 11.8 Å². The van der Waals surface area contributed by atoms with E-state index in [1.165, 1.54) is 6.26 Å². The number of hydrogen-bond donors (Lipinski definition) is 2. The summed E-state index contributed by atoms with van der Waals surface area (Å²) in [6.07, 6.45) is 3.25. The van der Waals surface area contributed by atoms with Crippen LogP contribution in [0.25, 0.3) is 0 Å². The summed E-state index contributed by atoms with van der Waals surface area (Å²) in [5.41, 5.74) is 3.48. The zero-order valence-corrected chi connectivity index (χ0v) is 14.4. The summed E-state index contributed by atoms with van der Waals surface area (Å²) in [6.45, 7) is 2.76. The predicted molar refractivity (Wildman–Crippen MR) is 94.7 cm³/mol. The molecule has 0 aliphatic carbocycles. The Morgan fingerprint density at radius 2 is 2.15 bits per heavy atom. The zero-order chi connectivity index (χ0) is 18.3. The molecule has 0 bridgehead atoms. The quantitative estimate of drug-likeness (QED) is 0.825. The fourth-order valence-electron chi connectivity index (χ4n) is 3.62. The monoisotopic (exact) mass is 353 g/mol. The Morgan fingerprint density at radius 3 is 2.92 bits per heavy atom. The van der Waals surface area contributed by atoms with Crippen LogP contribution in [0.1, 0.15) is 36.1 Å². The molecule has 2 aliphatic heterocycles. The summed E-state index contributed by atoms with van der Waals surface area (Å²) < 4.78 is 5.12. The number of hydrogen-bond acceptors (Lipinski definition) is 4. The first-order chi connectivity index (χ1) is 12.5. The topological polar surface area (TPSA) is 91.7 Å². The van der Waals surface area contributed by atoms with Crippen LogP contribution < -0.4 is 15.5 Å². The predicted octanol–water partition coefficient (Wildman–Crippen LogP) is 1.93. The standard InChI is InChI=1S/C19H19N3O4/c1-11-15-9-13(8-12-4-2-6-22(16(12)15)19(11)25)21-18(24)17(23)20-10-14-5-3-7-26-14/h3,5,7-9,11H,2,4,6,10H2,1H3,(H,20,23)(H,21,24)/t11-/m1/s1. The van der Waals surface area contributed by atoms with Crippen molar-refractivity contribution in [2.45, 2.75) is 32.2 Å². The number of nitrogens with one attached hydrogen (secondary N) is 2. The van der Waals surface area contributed by atoms with Crippen molar-refractivity contribution in [3.05, 3.63) is 47.4 Å².